The number of carbonyl (C=O) groups excluding carboxylic acids is 2. The molecule has 1 unspecified atom stereocenters. The van der Waals surface area contributed by atoms with Crippen LogP contribution in [0.1, 0.15) is 44.6 Å². The number of nitrogens with zero attached hydrogens (tertiary/aromatic N) is 3. The number of imidazole rings is 1. The third-order valence-electron chi connectivity index (χ3n) is 7.67. The molecule has 2 aromatic heterocycles. The van der Waals surface area contributed by atoms with Gasteiger partial charge in [-0.25, -0.2) is 0 Å². The molecule has 1 amide bonds. The Balaban J connectivity index is 1.50. The van der Waals surface area contributed by atoms with E-state index in [4.69, 9.17) is 10.5 Å². The number of aromatic nitrogens is 3. The van der Waals surface area contributed by atoms with Gasteiger partial charge in [-0.1, -0.05) is 17.7 Å². The van der Waals surface area contributed by atoms with Gasteiger partial charge in [0.1, 0.15) is 6.04 Å². The molecular formula is C32H40N7O4Tl. The maximum absolute atomic E-state index is 13.5. The molecule has 4 aromatic rings. The molecule has 1 atom stereocenters. The second-order valence-electron chi connectivity index (χ2n) is 10.9. The molecular weight excluding hydrogens is 751 g/mol. The van der Waals surface area contributed by atoms with Crippen LogP contribution >= 0.6 is 0 Å². The van der Waals surface area contributed by atoms with E-state index >= 15 is 0 Å². The van der Waals surface area contributed by atoms with E-state index in [2.05, 4.69) is 56.2 Å². The van der Waals surface area contributed by atoms with Crippen molar-refractivity contribution in [3.05, 3.63) is 92.5 Å². The van der Waals surface area contributed by atoms with E-state index in [9.17, 15) is 14.4 Å². The quantitative estimate of drug-likeness (QED) is 0.112. The second-order valence-corrected chi connectivity index (χ2v) is 13.1. The Kier molecular flexibility index (Phi) is 11.7. The molecule has 11 nitrogen and oxygen atoms in total. The van der Waals surface area contributed by atoms with Crippen molar-refractivity contribution in [2.75, 3.05) is 32.1 Å². The number of hydrogen-bond acceptors (Lipinski definition) is 8. The summed E-state index contributed by atoms with van der Waals surface area (Å²) in [5, 5.41) is 9.77. The summed E-state index contributed by atoms with van der Waals surface area (Å²) in [6.45, 7) is 8.27. The fraction of sp³-hybridized carbons (Fsp3) is 0.375. The van der Waals surface area contributed by atoms with Crippen molar-refractivity contribution in [1.29, 1.82) is 0 Å². The van der Waals surface area contributed by atoms with Gasteiger partial charge in [0.05, 0.1) is 7.11 Å². The van der Waals surface area contributed by atoms with Gasteiger partial charge in [0.15, 0.2) is 0 Å². The number of benzene rings is 2. The molecule has 0 saturated heterocycles. The Morgan fingerprint density at radius 2 is 1.89 bits per heavy atom. The molecule has 4 rings (SSSR count). The summed E-state index contributed by atoms with van der Waals surface area (Å²) in [5.74, 6) is -0.233. The molecule has 2 heterocycles. The number of nitrogens with two attached hydrogens (primary N) is 1. The van der Waals surface area contributed by atoms with Gasteiger partial charge >= 0.3 is 172 Å². The first kappa shape index (κ1) is 33.3. The number of carbonyl (C=O) groups is 2. The van der Waals surface area contributed by atoms with Crippen LogP contribution in [-0.4, -0.2) is 82.7 Å². The summed E-state index contributed by atoms with van der Waals surface area (Å²) in [6.07, 6.45) is 6.67. The van der Waals surface area contributed by atoms with Crippen molar-refractivity contribution in [3.8, 4) is 0 Å². The zero-order chi connectivity index (χ0) is 31.8. The Bertz CT molecular complexity index is 1670. The van der Waals surface area contributed by atoms with Crippen LogP contribution in [0.25, 0.3) is 10.9 Å². The molecule has 0 spiro atoms. The van der Waals surface area contributed by atoms with Crippen LogP contribution in [0, 0.1) is 20.8 Å². The van der Waals surface area contributed by atoms with Crippen LogP contribution in [0.2, 0.25) is 0 Å². The van der Waals surface area contributed by atoms with E-state index in [1.165, 1.54) is 29.4 Å². The van der Waals surface area contributed by atoms with Gasteiger partial charge in [-0.2, -0.15) is 0 Å². The molecule has 0 aliphatic heterocycles. The summed E-state index contributed by atoms with van der Waals surface area (Å²) in [5.41, 5.74) is 12.0. The topological polar surface area (TPSA) is 145 Å². The third kappa shape index (κ3) is 8.13. The van der Waals surface area contributed by atoms with E-state index in [0.717, 1.165) is 23.4 Å². The van der Waals surface area contributed by atoms with Gasteiger partial charge in [0.2, 0.25) is 0 Å². The van der Waals surface area contributed by atoms with Gasteiger partial charge in [-0.15, -0.1) is 0 Å². The van der Waals surface area contributed by atoms with E-state index in [0.29, 0.717) is 64.1 Å². The number of esters is 1. The van der Waals surface area contributed by atoms with Crippen LogP contribution in [0.15, 0.2) is 53.7 Å². The molecule has 2 aromatic carbocycles. The van der Waals surface area contributed by atoms with Crippen molar-refractivity contribution in [3.63, 3.8) is 0 Å². The number of fused-ring (bicyclic) bond motifs is 1. The predicted octanol–water partition coefficient (Wildman–Crippen LogP) is 2.12. The van der Waals surface area contributed by atoms with Crippen LogP contribution in [0.4, 0.5) is 5.95 Å². The van der Waals surface area contributed by atoms with Crippen LogP contribution in [0.5, 0.6) is 0 Å². The van der Waals surface area contributed by atoms with E-state index in [1.54, 1.807) is 18.5 Å². The van der Waals surface area contributed by atoms with Crippen molar-refractivity contribution in [2.45, 2.75) is 52.7 Å². The largest absolute Gasteiger partial charge is 0.303 e. The fourth-order valence-corrected chi connectivity index (χ4v) is 6.35. The van der Waals surface area contributed by atoms with Crippen LogP contribution in [-0.2, 0) is 29.0 Å². The number of ether oxygens (including phenoxy) is 1. The Morgan fingerprint density at radius 1 is 1.14 bits per heavy atom. The van der Waals surface area contributed by atoms with E-state index < -0.39 is 17.9 Å². The normalized spacial score (nSPS) is 11.8. The summed E-state index contributed by atoms with van der Waals surface area (Å²) < 4.78 is 8.94. The number of anilines is 1. The number of nitrogens with one attached hydrogen (secondary N) is 3. The van der Waals surface area contributed by atoms with Crippen LogP contribution < -0.4 is 27.1 Å². The Labute approximate surface area is 273 Å². The maximum atomic E-state index is 13.5. The smallest absolute Gasteiger partial charge is 0.0000522 e. The Hall–Kier alpha value is -3.56. The molecule has 230 valence electrons. The molecule has 0 radical (unpaired) electrons. The van der Waals surface area contributed by atoms with E-state index in [1.807, 2.05) is 22.9 Å². The zero-order valence-electron chi connectivity index (χ0n) is 25.8. The predicted molar refractivity (Wildman–Crippen MR) is 173 cm³/mol. The number of hydrogen-bond donors (Lipinski definition) is 4. The second kappa shape index (κ2) is 15.4. The number of methoxy groups -OCH3 is 1. The average Bonchev–Trinajstić information content (AvgIpc) is 3.42. The Morgan fingerprint density at radius 3 is 2.55 bits per heavy atom. The molecule has 44 heavy (non-hydrogen) atoms. The van der Waals surface area contributed by atoms with E-state index in [-0.39, 0.29) is 17.5 Å². The molecule has 12 heteroatoms. The monoisotopic (exact) mass is 791 g/mol. The number of pyridine rings is 1. The fourth-order valence-electron chi connectivity index (χ4n) is 5.43. The van der Waals surface area contributed by atoms with Crippen molar-refractivity contribution in [2.24, 2.45) is 5.73 Å². The number of aryl methyl sites for hydroxylation is 4. The first-order valence-corrected chi connectivity index (χ1v) is 16.7. The minimum Gasteiger partial charge on any atom is -0.303 e. The third-order valence-corrected chi connectivity index (χ3v) is 9.29. The van der Waals surface area contributed by atoms with Crippen molar-refractivity contribution in [1.82, 2.24) is 22.6 Å². The van der Waals surface area contributed by atoms with Gasteiger partial charge in [0.25, 0.3) is 0 Å². The van der Waals surface area contributed by atoms with Gasteiger partial charge in [0, 0.05) is 13.1 Å². The average molecular weight is 791 g/mol. The van der Waals surface area contributed by atoms with Gasteiger partial charge < -0.3 is 10.1 Å². The molecule has 0 aliphatic rings. The van der Waals surface area contributed by atoms with Crippen molar-refractivity contribution >= 4 is 54.8 Å². The summed E-state index contributed by atoms with van der Waals surface area (Å²) in [7, 11) is 1.31. The molecule has 0 bridgehead atoms. The summed E-state index contributed by atoms with van der Waals surface area (Å²) in [6, 6.07) is 9.11. The maximum Gasteiger partial charge on any atom is 0.0000522 e. The molecule has 0 saturated carbocycles. The minimum atomic E-state index is -0.771. The molecule has 5 N–H and O–H groups in total. The summed E-state index contributed by atoms with van der Waals surface area (Å²) in [4.78, 5) is 43.8. The first-order chi connectivity index (χ1) is 21.1. The summed E-state index contributed by atoms with van der Waals surface area (Å²) >= 11 is 0.596. The standard InChI is InChI=1S/C32H41N7O4.Tl/c1-20-14-21(2)24(22(3)15-20)8-10-34-27(31(42)43-4)18-37-30(41)26-19-39(13-5-9-33)28-16-23(6-7-25(28)29(26)40)17-38-32-35-11-12-36-32;/h6-7,11-12,14-16,19,27,34H,5,8-10,13,17-18,33H2,1-4H3,(H3,35,36,37,38,41);/q;+1/p-1. The zero-order valence-corrected chi connectivity index (χ0v) is 30.3. The number of amides is 1. The SMILES string of the molecule is COC(=O)C(CNC(=O)c1cn(CCCN)c2cc(CNc3ncc[n]3[Tl])ccc2c1=O)NCCc1c(C)cc(C)cc1C. The number of rotatable bonds is 14. The molecule has 0 fully saturated rings. The van der Waals surface area contributed by atoms with Gasteiger partial charge in [-0.3, -0.25) is 4.79 Å². The van der Waals surface area contributed by atoms with Gasteiger partial charge in [-0.05, 0) is 43.9 Å². The first-order valence-electron chi connectivity index (χ1n) is 14.7. The minimum absolute atomic E-state index is 0.00822. The molecule has 0 aliphatic carbocycles. The van der Waals surface area contributed by atoms with Crippen molar-refractivity contribution < 1.29 is 14.3 Å². The van der Waals surface area contributed by atoms with Crippen LogP contribution in [0.3, 0.4) is 0 Å².